The standard InChI is InChI=1S/C14H29N2Si/c1-12(2)9-11(10-13(3,4)16-12)17-8-7-15-14(17,5)6/h11,15-16H,7-10H2,1-6H3. The van der Waals surface area contributed by atoms with Crippen LogP contribution in [0.5, 0.6) is 0 Å². The number of hydrogen-bond donors (Lipinski definition) is 2. The van der Waals surface area contributed by atoms with Crippen LogP contribution in [0.15, 0.2) is 0 Å². The third-order valence-corrected chi connectivity index (χ3v) is 8.41. The smallest absolute Gasteiger partial charge is 0.0769 e. The van der Waals surface area contributed by atoms with Gasteiger partial charge in [0.1, 0.15) is 0 Å². The van der Waals surface area contributed by atoms with E-state index in [2.05, 4.69) is 52.2 Å². The first-order valence-corrected chi connectivity index (χ1v) is 8.80. The van der Waals surface area contributed by atoms with Crippen molar-refractivity contribution in [2.75, 3.05) is 6.54 Å². The molecule has 0 amide bonds. The van der Waals surface area contributed by atoms with Gasteiger partial charge in [-0.25, -0.2) is 0 Å². The van der Waals surface area contributed by atoms with E-state index in [1.807, 2.05) is 0 Å². The molecule has 0 bridgehead atoms. The zero-order valence-corrected chi connectivity index (χ0v) is 13.4. The van der Waals surface area contributed by atoms with E-state index in [4.69, 9.17) is 0 Å². The number of rotatable bonds is 1. The Morgan fingerprint density at radius 1 is 0.941 bits per heavy atom. The van der Waals surface area contributed by atoms with Crippen molar-refractivity contribution in [3.63, 3.8) is 0 Å². The summed E-state index contributed by atoms with van der Waals surface area (Å²) < 4.78 is 0. The molecule has 99 valence electrons. The molecule has 2 heterocycles. The molecule has 3 heteroatoms. The minimum Gasteiger partial charge on any atom is -0.315 e. The Hall–Kier alpha value is 0.137. The van der Waals surface area contributed by atoms with Crippen LogP contribution in [0.4, 0.5) is 0 Å². The first-order valence-electron chi connectivity index (χ1n) is 7.02. The van der Waals surface area contributed by atoms with E-state index in [-0.39, 0.29) is 8.80 Å². The maximum Gasteiger partial charge on any atom is 0.0769 e. The summed E-state index contributed by atoms with van der Waals surface area (Å²) in [5, 5.41) is 7.96. The second kappa shape index (κ2) is 4.07. The lowest BCUT2D eigenvalue weighted by molar-refractivity contribution is 0.180. The van der Waals surface area contributed by atoms with E-state index in [1.54, 1.807) is 0 Å². The lowest BCUT2D eigenvalue weighted by Crippen LogP contribution is -2.60. The largest absolute Gasteiger partial charge is 0.315 e. The van der Waals surface area contributed by atoms with E-state index < -0.39 is 0 Å². The highest BCUT2D eigenvalue weighted by Crippen LogP contribution is 2.42. The van der Waals surface area contributed by atoms with E-state index in [0.717, 1.165) is 5.54 Å². The molecular formula is C14H29N2Si. The Balaban J connectivity index is 2.16. The zero-order valence-electron chi connectivity index (χ0n) is 12.4. The summed E-state index contributed by atoms with van der Waals surface area (Å²) in [5.74, 6) is 0. The van der Waals surface area contributed by atoms with Crippen molar-refractivity contribution in [3.05, 3.63) is 0 Å². The fraction of sp³-hybridized carbons (Fsp3) is 1.00. The molecule has 17 heavy (non-hydrogen) atoms. The van der Waals surface area contributed by atoms with Crippen LogP contribution in [0.2, 0.25) is 11.6 Å². The van der Waals surface area contributed by atoms with Gasteiger partial charge < -0.3 is 10.6 Å². The van der Waals surface area contributed by atoms with Gasteiger partial charge in [-0.05, 0) is 58.7 Å². The van der Waals surface area contributed by atoms with Crippen LogP contribution in [-0.4, -0.2) is 31.6 Å². The molecule has 0 spiro atoms. The molecule has 0 unspecified atom stereocenters. The van der Waals surface area contributed by atoms with Crippen molar-refractivity contribution in [1.82, 2.24) is 10.6 Å². The Bertz CT molecular complexity index is 281. The normalized spacial score (nSPS) is 32.8. The average Bonchev–Trinajstić information content (AvgIpc) is 2.39. The molecular weight excluding hydrogens is 224 g/mol. The fourth-order valence-electron chi connectivity index (χ4n) is 4.22. The molecule has 0 aromatic carbocycles. The minimum atomic E-state index is -0.281. The maximum absolute atomic E-state index is 3.81. The van der Waals surface area contributed by atoms with Crippen LogP contribution in [-0.2, 0) is 0 Å². The molecule has 0 aromatic rings. The SMILES string of the molecule is CC1(C)CC([Si]2CCNC2(C)C)CC(C)(C)N1. The van der Waals surface area contributed by atoms with Gasteiger partial charge in [0.2, 0.25) is 0 Å². The van der Waals surface area contributed by atoms with Gasteiger partial charge in [0.05, 0.1) is 8.80 Å². The highest BCUT2D eigenvalue weighted by molar-refractivity contribution is 6.64. The third kappa shape index (κ3) is 2.94. The van der Waals surface area contributed by atoms with Crippen LogP contribution in [0.25, 0.3) is 0 Å². The second-order valence-electron chi connectivity index (χ2n) is 7.82. The van der Waals surface area contributed by atoms with Crippen LogP contribution in [0.3, 0.4) is 0 Å². The molecule has 0 saturated carbocycles. The van der Waals surface area contributed by atoms with Crippen LogP contribution >= 0.6 is 0 Å². The first kappa shape index (κ1) is 13.6. The predicted molar refractivity (Wildman–Crippen MR) is 76.9 cm³/mol. The topological polar surface area (TPSA) is 24.1 Å². The summed E-state index contributed by atoms with van der Waals surface area (Å²) in [6, 6.07) is 1.45. The fourth-order valence-corrected chi connectivity index (χ4v) is 8.53. The van der Waals surface area contributed by atoms with Crippen molar-refractivity contribution in [2.24, 2.45) is 0 Å². The highest BCUT2D eigenvalue weighted by atomic mass is 28.3. The molecule has 0 aromatic heterocycles. The lowest BCUT2D eigenvalue weighted by atomic mass is 9.82. The Morgan fingerprint density at radius 2 is 1.47 bits per heavy atom. The molecule has 2 fully saturated rings. The summed E-state index contributed by atoms with van der Waals surface area (Å²) in [4.78, 5) is 0. The van der Waals surface area contributed by atoms with Gasteiger partial charge in [0.25, 0.3) is 0 Å². The van der Waals surface area contributed by atoms with Gasteiger partial charge in [-0.3, -0.25) is 0 Å². The Kier molecular flexibility index (Phi) is 3.25. The molecule has 2 aliphatic heterocycles. The van der Waals surface area contributed by atoms with Gasteiger partial charge >= 0.3 is 0 Å². The maximum atomic E-state index is 3.81. The van der Waals surface area contributed by atoms with Crippen molar-refractivity contribution in [3.8, 4) is 0 Å². The van der Waals surface area contributed by atoms with Crippen LogP contribution in [0.1, 0.15) is 54.4 Å². The molecule has 2 nitrogen and oxygen atoms in total. The lowest BCUT2D eigenvalue weighted by Gasteiger charge is -2.49. The second-order valence-corrected chi connectivity index (χ2v) is 11.4. The molecule has 1 radical (unpaired) electrons. The zero-order chi connectivity index (χ0) is 12.9. The summed E-state index contributed by atoms with van der Waals surface area (Å²) in [5.41, 5.74) is 1.57. The van der Waals surface area contributed by atoms with Crippen molar-refractivity contribution in [2.45, 2.75) is 82.2 Å². The average molecular weight is 253 g/mol. The summed E-state index contributed by atoms with van der Waals surface area (Å²) in [7, 11) is -0.281. The summed E-state index contributed by atoms with van der Waals surface area (Å²) in [6.07, 6.45) is 2.71. The van der Waals surface area contributed by atoms with E-state index in [0.29, 0.717) is 16.2 Å². The Morgan fingerprint density at radius 3 is 1.88 bits per heavy atom. The molecule has 0 atom stereocenters. The monoisotopic (exact) mass is 253 g/mol. The molecule has 2 N–H and O–H groups in total. The van der Waals surface area contributed by atoms with Crippen LogP contribution in [0, 0.1) is 0 Å². The number of piperidine rings is 1. The number of nitrogens with one attached hydrogen (secondary N) is 2. The van der Waals surface area contributed by atoms with Crippen molar-refractivity contribution < 1.29 is 0 Å². The van der Waals surface area contributed by atoms with E-state index in [1.165, 1.54) is 25.4 Å². The Labute approximate surface area is 109 Å². The van der Waals surface area contributed by atoms with Gasteiger partial charge in [0, 0.05) is 16.2 Å². The third-order valence-electron chi connectivity index (χ3n) is 4.45. The summed E-state index contributed by atoms with van der Waals surface area (Å²) in [6.45, 7) is 15.6. The van der Waals surface area contributed by atoms with Gasteiger partial charge in [0.15, 0.2) is 0 Å². The predicted octanol–water partition coefficient (Wildman–Crippen LogP) is 2.71. The van der Waals surface area contributed by atoms with Gasteiger partial charge in [-0.15, -0.1) is 0 Å². The highest BCUT2D eigenvalue weighted by Gasteiger charge is 2.47. The van der Waals surface area contributed by atoms with Crippen molar-refractivity contribution >= 4 is 8.80 Å². The quantitative estimate of drug-likeness (QED) is 0.702. The van der Waals surface area contributed by atoms with E-state index in [9.17, 15) is 0 Å². The van der Waals surface area contributed by atoms with Crippen LogP contribution < -0.4 is 10.6 Å². The minimum absolute atomic E-state index is 0.281. The summed E-state index contributed by atoms with van der Waals surface area (Å²) >= 11 is 0. The van der Waals surface area contributed by atoms with Gasteiger partial charge in [-0.1, -0.05) is 13.8 Å². The molecule has 0 aliphatic carbocycles. The number of hydrogen-bond acceptors (Lipinski definition) is 2. The van der Waals surface area contributed by atoms with Gasteiger partial charge in [-0.2, -0.15) is 0 Å². The van der Waals surface area contributed by atoms with E-state index >= 15 is 0 Å². The first-order chi connectivity index (χ1) is 7.61. The molecule has 2 aliphatic rings. The molecule has 2 rings (SSSR count). The molecule has 2 saturated heterocycles. The van der Waals surface area contributed by atoms with Crippen molar-refractivity contribution in [1.29, 1.82) is 0 Å².